The zero-order valence-electron chi connectivity index (χ0n) is 18.4. The Balaban J connectivity index is 1.56. The van der Waals surface area contributed by atoms with Crippen molar-refractivity contribution in [1.29, 1.82) is 0 Å². The quantitative estimate of drug-likeness (QED) is 0.308. The Bertz CT molecular complexity index is 1740. The fourth-order valence-electron chi connectivity index (χ4n) is 3.22. The highest BCUT2D eigenvalue weighted by molar-refractivity contribution is 7.90. The molecule has 0 atom stereocenters. The highest BCUT2D eigenvalue weighted by atomic mass is 35.5. The molecule has 0 aliphatic rings. The summed E-state index contributed by atoms with van der Waals surface area (Å²) in [5.74, 6) is 6.62. The van der Waals surface area contributed by atoms with Crippen molar-refractivity contribution in [2.45, 2.75) is 4.90 Å². The van der Waals surface area contributed by atoms with E-state index in [9.17, 15) is 8.42 Å². The van der Waals surface area contributed by atoms with Crippen LogP contribution in [-0.4, -0.2) is 44.6 Å². The van der Waals surface area contributed by atoms with Gasteiger partial charge in [0.25, 0.3) is 5.89 Å². The number of sulfone groups is 1. The molecule has 12 heteroatoms. The second-order valence-corrected chi connectivity index (χ2v) is 10.3. The van der Waals surface area contributed by atoms with Crippen LogP contribution in [0.4, 0.5) is 0 Å². The maximum Gasteiger partial charge on any atom is 0.294 e. The molecule has 36 heavy (non-hydrogen) atoms. The van der Waals surface area contributed by atoms with E-state index in [0.717, 1.165) is 6.26 Å². The van der Waals surface area contributed by atoms with E-state index in [1.54, 1.807) is 59.2 Å². The third-order valence-electron chi connectivity index (χ3n) is 4.95. The first kappa shape index (κ1) is 23.7. The predicted octanol–water partition coefficient (Wildman–Crippen LogP) is 4.49. The number of rotatable bonds is 4. The van der Waals surface area contributed by atoms with Gasteiger partial charge in [-0.15, -0.1) is 15.3 Å². The molecular formula is C24H14Cl2N6O3S. The zero-order valence-corrected chi connectivity index (χ0v) is 20.8. The molecular weight excluding hydrogens is 523 g/mol. The monoisotopic (exact) mass is 536 g/mol. The van der Waals surface area contributed by atoms with Crippen molar-refractivity contribution in [2.75, 3.05) is 6.26 Å². The molecule has 2 aromatic carbocycles. The topological polar surface area (TPSA) is 117 Å². The molecule has 0 bridgehead atoms. The van der Waals surface area contributed by atoms with Crippen LogP contribution in [0.5, 0.6) is 0 Å². The van der Waals surface area contributed by atoms with Crippen molar-refractivity contribution < 1.29 is 12.8 Å². The van der Waals surface area contributed by atoms with Gasteiger partial charge in [-0.25, -0.2) is 8.42 Å². The molecule has 3 aromatic heterocycles. The van der Waals surface area contributed by atoms with Crippen LogP contribution in [0.1, 0.15) is 11.7 Å². The largest absolute Gasteiger partial charge is 0.410 e. The normalized spacial score (nSPS) is 11.2. The first-order valence-corrected chi connectivity index (χ1v) is 12.9. The molecule has 5 rings (SSSR count). The minimum absolute atomic E-state index is 0.0749. The van der Waals surface area contributed by atoms with Crippen molar-refractivity contribution in [3.8, 4) is 40.5 Å². The summed E-state index contributed by atoms with van der Waals surface area (Å²) in [4.78, 5) is 4.35. The maximum atomic E-state index is 11.8. The maximum absolute atomic E-state index is 11.8. The number of para-hydroxylation sites is 1. The Hall–Kier alpha value is -4.04. The number of nitrogens with zero attached hydrogens (tertiary/aromatic N) is 6. The zero-order chi connectivity index (χ0) is 25.3. The van der Waals surface area contributed by atoms with Crippen LogP contribution in [0, 0.1) is 11.8 Å². The summed E-state index contributed by atoms with van der Waals surface area (Å²) in [7, 11) is -3.40. The molecule has 0 saturated carbocycles. The molecule has 0 radical (unpaired) electrons. The smallest absolute Gasteiger partial charge is 0.294 e. The van der Waals surface area contributed by atoms with Crippen molar-refractivity contribution >= 4 is 33.0 Å². The van der Waals surface area contributed by atoms with Crippen molar-refractivity contribution in [3.05, 3.63) is 88.6 Å². The van der Waals surface area contributed by atoms with Crippen LogP contribution < -0.4 is 0 Å². The standard InChI is InChI=1S/C24H14Cl2N6O3S/c1-36(33,34)17-10-11-19(27-14-17)23-30-28-21(32(23)20-5-3-2-4-18(20)26)12-13-22-29-31-24(35-22)15-6-8-16(25)9-7-15/h2-11,14H,1H3. The first-order chi connectivity index (χ1) is 17.3. The summed E-state index contributed by atoms with van der Waals surface area (Å²) < 4.78 is 30.9. The molecule has 0 spiro atoms. The molecule has 0 N–H and O–H groups in total. The van der Waals surface area contributed by atoms with Crippen LogP contribution in [0.25, 0.3) is 28.7 Å². The molecule has 178 valence electrons. The van der Waals surface area contributed by atoms with Gasteiger partial charge < -0.3 is 4.42 Å². The fraction of sp³-hybridized carbons (Fsp3) is 0.0417. The van der Waals surface area contributed by atoms with Gasteiger partial charge in [0.15, 0.2) is 15.7 Å². The Morgan fingerprint density at radius 1 is 0.889 bits per heavy atom. The van der Waals surface area contributed by atoms with E-state index in [1.807, 2.05) is 0 Å². The van der Waals surface area contributed by atoms with Crippen LogP contribution >= 0.6 is 23.2 Å². The summed E-state index contributed by atoms with van der Waals surface area (Å²) in [6.45, 7) is 0. The van der Waals surface area contributed by atoms with Crippen LogP contribution in [0.3, 0.4) is 0 Å². The van der Waals surface area contributed by atoms with Gasteiger partial charge in [0.2, 0.25) is 11.7 Å². The van der Waals surface area contributed by atoms with Gasteiger partial charge in [-0.1, -0.05) is 40.4 Å². The first-order valence-electron chi connectivity index (χ1n) is 10.3. The lowest BCUT2D eigenvalue weighted by Crippen LogP contribution is -2.03. The predicted molar refractivity (Wildman–Crippen MR) is 133 cm³/mol. The lowest BCUT2D eigenvalue weighted by Gasteiger charge is -2.09. The van der Waals surface area contributed by atoms with Gasteiger partial charge in [-0.3, -0.25) is 9.55 Å². The lowest BCUT2D eigenvalue weighted by atomic mass is 10.2. The van der Waals surface area contributed by atoms with E-state index in [0.29, 0.717) is 38.7 Å². The second-order valence-electron chi connectivity index (χ2n) is 7.45. The van der Waals surface area contributed by atoms with Crippen molar-refractivity contribution in [1.82, 2.24) is 29.9 Å². The summed E-state index contributed by atoms with van der Waals surface area (Å²) in [5.41, 5.74) is 1.64. The van der Waals surface area contributed by atoms with E-state index in [1.165, 1.54) is 12.3 Å². The van der Waals surface area contributed by atoms with Crippen LogP contribution in [0.2, 0.25) is 10.0 Å². The van der Waals surface area contributed by atoms with E-state index in [2.05, 4.69) is 37.2 Å². The Labute approximate surface area is 215 Å². The average molecular weight is 537 g/mol. The van der Waals surface area contributed by atoms with E-state index < -0.39 is 9.84 Å². The fourth-order valence-corrected chi connectivity index (χ4v) is 4.12. The molecule has 3 heterocycles. The third kappa shape index (κ3) is 4.85. The molecule has 0 saturated heterocycles. The van der Waals surface area contributed by atoms with Gasteiger partial charge in [0.1, 0.15) is 5.69 Å². The minimum Gasteiger partial charge on any atom is -0.410 e. The van der Waals surface area contributed by atoms with Gasteiger partial charge in [0, 0.05) is 29.0 Å². The third-order valence-corrected chi connectivity index (χ3v) is 6.62. The van der Waals surface area contributed by atoms with Gasteiger partial charge >= 0.3 is 0 Å². The molecule has 0 fully saturated rings. The van der Waals surface area contributed by atoms with E-state index in [4.69, 9.17) is 27.6 Å². The number of benzene rings is 2. The highest BCUT2D eigenvalue weighted by Gasteiger charge is 2.18. The number of halogens is 2. The SMILES string of the molecule is CS(=O)(=O)c1ccc(-c2nnc(C#Cc3nnc(-c4ccc(Cl)cc4)o3)n2-c2ccccc2Cl)nc1. The van der Waals surface area contributed by atoms with Gasteiger partial charge in [0.05, 0.1) is 15.6 Å². The molecule has 0 aliphatic heterocycles. The van der Waals surface area contributed by atoms with Crippen LogP contribution in [-0.2, 0) is 9.84 Å². The number of pyridine rings is 1. The average Bonchev–Trinajstić information content (AvgIpc) is 3.50. The number of aromatic nitrogens is 6. The Morgan fingerprint density at radius 3 is 2.36 bits per heavy atom. The van der Waals surface area contributed by atoms with Gasteiger partial charge in [-0.2, -0.15) is 0 Å². The summed E-state index contributed by atoms with van der Waals surface area (Å²) in [6, 6.07) is 17.0. The Kier molecular flexibility index (Phi) is 6.28. The minimum atomic E-state index is -3.40. The second kappa shape index (κ2) is 9.54. The Morgan fingerprint density at radius 2 is 1.67 bits per heavy atom. The van der Waals surface area contributed by atoms with Crippen LogP contribution in [0.15, 0.2) is 76.2 Å². The molecule has 9 nitrogen and oxygen atoms in total. The molecule has 0 aliphatic carbocycles. The lowest BCUT2D eigenvalue weighted by molar-refractivity contribution is 0.554. The molecule has 0 amide bonds. The molecule has 0 unspecified atom stereocenters. The molecule has 5 aromatic rings. The van der Waals surface area contributed by atoms with Crippen molar-refractivity contribution in [2.24, 2.45) is 0 Å². The number of hydrogen-bond donors (Lipinski definition) is 0. The summed E-state index contributed by atoms with van der Waals surface area (Å²) in [6.07, 6.45) is 2.37. The van der Waals surface area contributed by atoms with E-state index >= 15 is 0 Å². The van der Waals surface area contributed by atoms with E-state index in [-0.39, 0.29) is 16.6 Å². The highest BCUT2D eigenvalue weighted by Crippen LogP contribution is 2.27. The number of hydrogen-bond acceptors (Lipinski definition) is 8. The summed E-state index contributed by atoms with van der Waals surface area (Å²) >= 11 is 12.4. The van der Waals surface area contributed by atoms with Gasteiger partial charge in [-0.05, 0) is 54.5 Å². The summed E-state index contributed by atoms with van der Waals surface area (Å²) in [5, 5.41) is 17.4. The van der Waals surface area contributed by atoms with Crippen molar-refractivity contribution in [3.63, 3.8) is 0 Å².